The van der Waals surface area contributed by atoms with Gasteiger partial charge in [-0.05, 0) is 6.08 Å². The van der Waals surface area contributed by atoms with E-state index < -0.39 is 0 Å². The molecule has 0 fully saturated rings. The van der Waals surface area contributed by atoms with Crippen molar-refractivity contribution in [3.8, 4) is 0 Å². The molecule has 4 heteroatoms. The third-order valence-corrected chi connectivity index (χ3v) is 2.24. The van der Waals surface area contributed by atoms with Gasteiger partial charge < -0.3 is 5.32 Å². The summed E-state index contributed by atoms with van der Waals surface area (Å²) < 4.78 is 0. The van der Waals surface area contributed by atoms with Crippen molar-refractivity contribution < 1.29 is 0 Å². The van der Waals surface area contributed by atoms with E-state index in [0.29, 0.717) is 0 Å². The second kappa shape index (κ2) is 2.84. The number of aromatic nitrogens is 1. The molecule has 56 valence electrons. The van der Waals surface area contributed by atoms with Gasteiger partial charge in [0.1, 0.15) is 11.0 Å². The Balaban J connectivity index is 2.23. The highest BCUT2D eigenvalue weighted by atomic mass is 32.1. The SMILES string of the molecule is C1=CC(c2nccs2)N=CN1. The van der Waals surface area contributed by atoms with Crippen LogP contribution in [0, 0.1) is 0 Å². The van der Waals surface area contributed by atoms with Crippen molar-refractivity contribution in [2.24, 2.45) is 4.99 Å². The number of nitrogens with zero attached hydrogens (tertiary/aromatic N) is 2. The fourth-order valence-electron chi connectivity index (χ4n) is 0.889. The molecule has 3 nitrogen and oxygen atoms in total. The molecule has 11 heavy (non-hydrogen) atoms. The van der Waals surface area contributed by atoms with Gasteiger partial charge in [-0.15, -0.1) is 11.3 Å². The molecule has 2 heterocycles. The van der Waals surface area contributed by atoms with Crippen molar-refractivity contribution in [3.05, 3.63) is 28.9 Å². The van der Waals surface area contributed by atoms with Gasteiger partial charge in [-0.25, -0.2) is 4.98 Å². The zero-order valence-electron chi connectivity index (χ0n) is 5.77. The monoisotopic (exact) mass is 165 g/mol. The van der Waals surface area contributed by atoms with Gasteiger partial charge in [0.25, 0.3) is 0 Å². The van der Waals surface area contributed by atoms with Gasteiger partial charge in [0, 0.05) is 17.8 Å². The van der Waals surface area contributed by atoms with Crippen molar-refractivity contribution in [1.29, 1.82) is 0 Å². The average molecular weight is 165 g/mol. The lowest BCUT2D eigenvalue weighted by Gasteiger charge is -2.06. The van der Waals surface area contributed by atoms with Gasteiger partial charge in [0.2, 0.25) is 0 Å². The van der Waals surface area contributed by atoms with Gasteiger partial charge >= 0.3 is 0 Å². The highest BCUT2D eigenvalue weighted by Gasteiger charge is 2.08. The Labute approximate surface area is 68.5 Å². The lowest BCUT2D eigenvalue weighted by molar-refractivity contribution is 0.870. The van der Waals surface area contributed by atoms with Crippen molar-refractivity contribution in [1.82, 2.24) is 10.3 Å². The third-order valence-electron chi connectivity index (χ3n) is 1.39. The van der Waals surface area contributed by atoms with Crippen LogP contribution in [0.1, 0.15) is 11.0 Å². The first-order valence-electron chi connectivity index (χ1n) is 3.30. The van der Waals surface area contributed by atoms with Crippen LogP contribution in [-0.4, -0.2) is 11.3 Å². The summed E-state index contributed by atoms with van der Waals surface area (Å²) in [6, 6.07) is 0.122. The van der Waals surface area contributed by atoms with Gasteiger partial charge in [-0.1, -0.05) is 0 Å². The first kappa shape index (κ1) is 6.54. The van der Waals surface area contributed by atoms with Crippen molar-refractivity contribution in [2.45, 2.75) is 6.04 Å². The Hall–Kier alpha value is -1.16. The van der Waals surface area contributed by atoms with Gasteiger partial charge in [-0.2, -0.15) is 0 Å². The van der Waals surface area contributed by atoms with Crippen LogP contribution in [0.4, 0.5) is 0 Å². The van der Waals surface area contributed by atoms with Crippen LogP contribution in [0.3, 0.4) is 0 Å². The van der Waals surface area contributed by atoms with E-state index in [0.717, 1.165) is 5.01 Å². The van der Waals surface area contributed by atoms with Crippen molar-refractivity contribution >= 4 is 17.7 Å². The summed E-state index contributed by atoms with van der Waals surface area (Å²) in [5, 5.41) is 5.88. The largest absolute Gasteiger partial charge is 0.353 e. The standard InChI is InChI=1S/C7H7N3S/c1-2-8-5-10-6(1)7-9-3-4-11-7/h1-6H,(H,8,10). The molecule has 1 aliphatic heterocycles. The molecule has 2 rings (SSSR count). The molecule has 1 aromatic heterocycles. The fourth-order valence-corrected chi connectivity index (χ4v) is 1.55. The quantitative estimate of drug-likeness (QED) is 0.681. The summed E-state index contributed by atoms with van der Waals surface area (Å²) in [6.07, 6.45) is 7.34. The van der Waals surface area contributed by atoms with Gasteiger partial charge in [-0.3, -0.25) is 4.99 Å². The van der Waals surface area contributed by atoms with Crippen LogP contribution >= 0.6 is 11.3 Å². The Kier molecular flexibility index (Phi) is 1.69. The average Bonchev–Trinajstić information content (AvgIpc) is 2.58. The maximum absolute atomic E-state index is 4.20. The van der Waals surface area contributed by atoms with E-state index in [1.807, 2.05) is 17.7 Å². The van der Waals surface area contributed by atoms with Crippen LogP contribution in [0.25, 0.3) is 0 Å². The Morgan fingerprint density at radius 2 is 2.55 bits per heavy atom. The topological polar surface area (TPSA) is 37.3 Å². The molecule has 1 N–H and O–H groups in total. The lowest BCUT2D eigenvalue weighted by atomic mass is 10.3. The van der Waals surface area contributed by atoms with Crippen molar-refractivity contribution in [2.75, 3.05) is 0 Å². The van der Waals surface area contributed by atoms with E-state index in [1.54, 1.807) is 23.9 Å². The number of hydrogen-bond acceptors (Lipinski definition) is 4. The molecule has 0 spiro atoms. The second-order valence-corrected chi connectivity index (χ2v) is 3.05. The predicted octanol–water partition coefficient (Wildman–Crippen LogP) is 1.33. The lowest BCUT2D eigenvalue weighted by Crippen LogP contribution is -2.08. The number of aliphatic imine (C=N–C) groups is 1. The number of thiazole rings is 1. The van der Waals surface area contributed by atoms with E-state index in [4.69, 9.17) is 0 Å². The Morgan fingerprint density at radius 3 is 3.18 bits per heavy atom. The maximum atomic E-state index is 4.20. The summed E-state index contributed by atoms with van der Waals surface area (Å²) in [5.41, 5.74) is 0. The molecule has 0 aromatic carbocycles. The van der Waals surface area contributed by atoms with Crippen LogP contribution < -0.4 is 5.32 Å². The first-order chi connectivity index (χ1) is 5.47. The van der Waals surface area contributed by atoms with Crippen LogP contribution in [0.5, 0.6) is 0 Å². The van der Waals surface area contributed by atoms with E-state index in [9.17, 15) is 0 Å². The summed E-state index contributed by atoms with van der Waals surface area (Å²) >= 11 is 1.63. The Bertz CT molecular complexity index is 264. The Morgan fingerprint density at radius 1 is 1.55 bits per heavy atom. The molecular weight excluding hydrogens is 158 g/mol. The van der Waals surface area contributed by atoms with Gasteiger partial charge in [0.05, 0.1) is 6.34 Å². The van der Waals surface area contributed by atoms with E-state index in [2.05, 4.69) is 15.3 Å². The smallest absolute Gasteiger partial charge is 0.123 e. The molecule has 1 aromatic rings. The first-order valence-corrected chi connectivity index (χ1v) is 4.18. The molecule has 1 aliphatic rings. The zero-order chi connectivity index (χ0) is 7.52. The minimum absolute atomic E-state index is 0.122. The fraction of sp³-hybridized carbons (Fsp3) is 0.143. The van der Waals surface area contributed by atoms with Crippen LogP contribution in [-0.2, 0) is 0 Å². The molecule has 0 aliphatic carbocycles. The molecule has 1 atom stereocenters. The number of nitrogens with one attached hydrogen (secondary N) is 1. The number of rotatable bonds is 1. The molecule has 0 bridgehead atoms. The minimum atomic E-state index is 0.122. The summed E-state index contributed by atoms with van der Waals surface area (Å²) in [7, 11) is 0. The van der Waals surface area contributed by atoms with Crippen LogP contribution in [0.2, 0.25) is 0 Å². The van der Waals surface area contributed by atoms with Crippen molar-refractivity contribution in [3.63, 3.8) is 0 Å². The predicted molar refractivity (Wildman–Crippen MR) is 45.6 cm³/mol. The third kappa shape index (κ3) is 1.30. The minimum Gasteiger partial charge on any atom is -0.353 e. The molecule has 0 amide bonds. The maximum Gasteiger partial charge on any atom is 0.123 e. The molecule has 1 unspecified atom stereocenters. The number of hydrogen-bond donors (Lipinski definition) is 1. The highest BCUT2D eigenvalue weighted by Crippen LogP contribution is 2.21. The zero-order valence-corrected chi connectivity index (χ0v) is 6.58. The van der Waals surface area contributed by atoms with E-state index in [1.165, 1.54) is 0 Å². The molecule has 0 saturated carbocycles. The molecular formula is C7H7N3S. The summed E-state index contributed by atoms with van der Waals surface area (Å²) in [4.78, 5) is 8.36. The van der Waals surface area contributed by atoms with E-state index in [-0.39, 0.29) is 6.04 Å². The summed E-state index contributed by atoms with van der Waals surface area (Å²) in [6.45, 7) is 0. The highest BCUT2D eigenvalue weighted by molar-refractivity contribution is 7.09. The van der Waals surface area contributed by atoms with E-state index >= 15 is 0 Å². The normalized spacial score (nSPS) is 21.6. The molecule has 0 saturated heterocycles. The van der Waals surface area contributed by atoms with Crippen LogP contribution in [0.15, 0.2) is 28.8 Å². The second-order valence-electron chi connectivity index (χ2n) is 2.12. The molecule has 0 radical (unpaired) electrons. The summed E-state index contributed by atoms with van der Waals surface area (Å²) in [5.74, 6) is 0. The van der Waals surface area contributed by atoms with Gasteiger partial charge in [0.15, 0.2) is 0 Å².